The highest BCUT2D eigenvalue weighted by Crippen LogP contribution is 2.34. The smallest absolute Gasteiger partial charge is 0.218 e. The van der Waals surface area contributed by atoms with Crippen molar-refractivity contribution in [2.75, 3.05) is 0 Å². The number of benzene rings is 1. The van der Waals surface area contributed by atoms with Gasteiger partial charge in [0.2, 0.25) is 5.12 Å². The molecule has 0 aromatic heterocycles. The van der Waals surface area contributed by atoms with Crippen LogP contribution in [0, 0.1) is 0 Å². The first-order valence-electron chi connectivity index (χ1n) is 5.55. The van der Waals surface area contributed by atoms with Crippen molar-refractivity contribution in [3.8, 4) is 0 Å². The molecular weight excluding hydrogens is 204 g/mol. The van der Waals surface area contributed by atoms with Gasteiger partial charge in [-0.2, -0.15) is 0 Å². The van der Waals surface area contributed by atoms with Crippen molar-refractivity contribution in [3.63, 3.8) is 0 Å². The van der Waals surface area contributed by atoms with Crippen molar-refractivity contribution in [3.05, 3.63) is 35.4 Å². The van der Waals surface area contributed by atoms with Crippen molar-refractivity contribution in [2.24, 2.45) is 0 Å². The molecule has 1 aromatic rings. The van der Waals surface area contributed by atoms with Gasteiger partial charge < -0.3 is 0 Å². The van der Waals surface area contributed by atoms with Crippen LogP contribution in [0.5, 0.6) is 0 Å². The Morgan fingerprint density at radius 3 is 3.00 bits per heavy atom. The van der Waals surface area contributed by atoms with Gasteiger partial charge in [-0.3, -0.25) is 4.79 Å². The van der Waals surface area contributed by atoms with E-state index in [2.05, 4.69) is 36.9 Å². The van der Waals surface area contributed by atoms with Gasteiger partial charge in [0.15, 0.2) is 0 Å². The van der Waals surface area contributed by atoms with Gasteiger partial charge in [0.25, 0.3) is 0 Å². The fourth-order valence-electron chi connectivity index (χ4n) is 2.45. The molecule has 15 heavy (non-hydrogen) atoms. The van der Waals surface area contributed by atoms with Crippen LogP contribution in [0.3, 0.4) is 0 Å². The first-order valence-corrected chi connectivity index (χ1v) is 5.96. The Morgan fingerprint density at radius 1 is 1.40 bits per heavy atom. The van der Waals surface area contributed by atoms with Crippen molar-refractivity contribution in [1.82, 2.24) is 0 Å². The molecule has 0 N–H and O–H groups in total. The summed E-state index contributed by atoms with van der Waals surface area (Å²) in [6.45, 7) is 0. The summed E-state index contributed by atoms with van der Waals surface area (Å²) in [7, 11) is 0. The molecule has 1 aromatic carbocycles. The number of carbonyl (C=O) groups is 1. The fourth-order valence-corrected chi connectivity index (χ4v) is 2.56. The predicted molar refractivity (Wildman–Crippen MR) is 64.0 cm³/mol. The molecule has 1 radical (unpaired) electrons. The fraction of sp³-hybridized carbons (Fsp3) is 0.462. The van der Waals surface area contributed by atoms with Crippen LogP contribution < -0.4 is 0 Å². The quantitative estimate of drug-likeness (QED) is 0.759. The van der Waals surface area contributed by atoms with E-state index in [0.717, 1.165) is 6.42 Å². The van der Waals surface area contributed by atoms with Gasteiger partial charge in [-0.15, -0.1) is 0 Å². The lowest BCUT2D eigenvalue weighted by Crippen LogP contribution is -2.10. The summed E-state index contributed by atoms with van der Waals surface area (Å²) in [5.41, 5.74) is 2.91. The highest BCUT2D eigenvalue weighted by atomic mass is 32.1. The largest absolute Gasteiger partial charge is 0.282 e. The summed E-state index contributed by atoms with van der Waals surface area (Å²) >= 11 is 4.61. The molecule has 0 amide bonds. The molecule has 1 atom stereocenters. The predicted octanol–water partition coefficient (Wildman–Crippen LogP) is 3.61. The summed E-state index contributed by atoms with van der Waals surface area (Å²) < 4.78 is 0. The molecular formula is C13H15OS. The molecule has 1 nitrogen and oxygen atoms in total. The van der Waals surface area contributed by atoms with Crippen LogP contribution >= 0.6 is 12.6 Å². The molecule has 0 aliphatic heterocycles. The van der Waals surface area contributed by atoms with Gasteiger partial charge in [0.05, 0.1) is 0 Å². The molecule has 1 unspecified atom stereocenters. The zero-order chi connectivity index (χ0) is 10.7. The van der Waals surface area contributed by atoms with E-state index < -0.39 is 0 Å². The summed E-state index contributed by atoms with van der Waals surface area (Å²) in [6, 6.07) is 8.59. The number of aryl methyl sites for hydroxylation is 1. The molecule has 0 spiro atoms. The minimum Gasteiger partial charge on any atom is -0.282 e. The van der Waals surface area contributed by atoms with E-state index in [1.165, 1.54) is 30.4 Å². The molecule has 1 aliphatic rings. The number of fused-ring (bicyclic) bond motifs is 1. The van der Waals surface area contributed by atoms with E-state index in [1.54, 1.807) is 0 Å². The maximum atomic E-state index is 10.8. The summed E-state index contributed by atoms with van der Waals surface area (Å²) in [5, 5.41) is -0.0990. The van der Waals surface area contributed by atoms with Crippen molar-refractivity contribution >= 4 is 17.7 Å². The molecule has 0 fully saturated rings. The number of rotatable bonds is 3. The maximum Gasteiger partial charge on any atom is 0.218 e. The molecule has 0 heterocycles. The molecule has 0 saturated carbocycles. The number of hydrogen-bond donors (Lipinski definition) is 0. The third-order valence-electron chi connectivity index (χ3n) is 3.19. The van der Waals surface area contributed by atoms with Crippen LogP contribution in [0.15, 0.2) is 24.3 Å². The normalized spacial score (nSPS) is 19.6. The van der Waals surface area contributed by atoms with Gasteiger partial charge in [0.1, 0.15) is 0 Å². The van der Waals surface area contributed by atoms with Crippen LogP contribution in [0.4, 0.5) is 0 Å². The Hall–Kier alpha value is -0.890. The molecule has 79 valence electrons. The van der Waals surface area contributed by atoms with E-state index in [4.69, 9.17) is 0 Å². The van der Waals surface area contributed by atoms with Gasteiger partial charge >= 0.3 is 0 Å². The minimum atomic E-state index is -0.0990. The van der Waals surface area contributed by atoms with Crippen LogP contribution in [0.1, 0.15) is 42.7 Å². The second-order valence-electron chi connectivity index (χ2n) is 4.20. The monoisotopic (exact) mass is 219 g/mol. The standard InChI is InChI=1S/C13H15OS/c14-13(15)9-8-11-6-3-5-10-4-1-2-7-12(10)11/h1-2,4,7,11H,3,5-6,8-9H2. The Bertz CT molecular complexity index is 359. The van der Waals surface area contributed by atoms with Crippen LogP contribution in [0.25, 0.3) is 0 Å². The molecule has 2 heteroatoms. The average molecular weight is 219 g/mol. The van der Waals surface area contributed by atoms with E-state index in [0.29, 0.717) is 12.3 Å². The van der Waals surface area contributed by atoms with E-state index in [9.17, 15) is 4.79 Å². The Kier molecular flexibility index (Phi) is 3.37. The van der Waals surface area contributed by atoms with E-state index in [1.807, 2.05) is 0 Å². The first kappa shape index (κ1) is 10.6. The Morgan fingerprint density at radius 2 is 2.20 bits per heavy atom. The van der Waals surface area contributed by atoms with Crippen molar-refractivity contribution in [1.29, 1.82) is 0 Å². The topological polar surface area (TPSA) is 17.1 Å². The summed E-state index contributed by atoms with van der Waals surface area (Å²) in [5.74, 6) is 0.557. The second-order valence-corrected chi connectivity index (χ2v) is 4.65. The molecule has 1 aliphatic carbocycles. The minimum absolute atomic E-state index is 0.0990. The summed E-state index contributed by atoms with van der Waals surface area (Å²) in [4.78, 5) is 10.8. The molecule has 2 rings (SSSR count). The Balaban J connectivity index is 2.11. The highest BCUT2D eigenvalue weighted by molar-refractivity contribution is 7.96. The van der Waals surface area contributed by atoms with Crippen molar-refractivity contribution < 1.29 is 4.79 Å². The lowest BCUT2D eigenvalue weighted by Gasteiger charge is -2.24. The third-order valence-corrected chi connectivity index (χ3v) is 3.39. The zero-order valence-electron chi connectivity index (χ0n) is 8.74. The first-order chi connectivity index (χ1) is 7.27. The van der Waals surface area contributed by atoms with Gasteiger partial charge in [-0.25, -0.2) is 0 Å². The summed E-state index contributed by atoms with van der Waals surface area (Å²) in [6.07, 6.45) is 5.12. The second kappa shape index (κ2) is 4.75. The van der Waals surface area contributed by atoms with E-state index >= 15 is 0 Å². The van der Waals surface area contributed by atoms with Gasteiger partial charge in [-0.05, 0) is 55.4 Å². The van der Waals surface area contributed by atoms with Crippen LogP contribution in [0.2, 0.25) is 0 Å². The molecule has 0 saturated heterocycles. The van der Waals surface area contributed by atoms with Gasteiger partial charge in [0, 0.05) is 6.42 Å². The maximum absolute atomic E-state index is 10.8. The Labute approximate surface area is 96.3 Å². The van der Waals surface area contributed by atoms with Crippen LogP contribution in [-0.4, -0.2) is 5.12 Å². The number of carbonyl (C=O) groups excluding carboxylic acids is 1. The average Bonchev–Trinajstić information content (AvgIpc) is 2.26. The highest BCUT2D eigenvalue weighted by Gasteiger charge is 2.19. The zero-order valence-corrected chi connectivity index (χ0v) is 9.56. The SMILES string of the molecule is O=C([S])CCC1CCCc2ccccc21. The molecule has 0 bridgehead atoms. The van der Waals surface area contributed by atoms with E-state index in [-0.39, 0.29) is 5.12 Å². The van der Waals surface area contributed by atoms with Crippen molar-refractivity contribution in [2.45, 2.75) is 38.0 Å². The lowest BCUT2D eigenvalue weighted by molar-refractivity contribution is -0.110. The number of hydrogen-bond acceptors (Lipinski definition) is 1. The lowest BCUT2D eigenvalue weighted by atomic mass is 9.80. The van der Waals surface area contributed by atoms with Gasteiger partial charge in [-0.1, -0.05) is 24.3 Å². The third kappa shape index (κ3) is 2.57. The van der Waals surface area contributed by atoms with Crippen LogP contribution in [-0.2, 0) is 11.2 Å².